The molecule has 2 aromatic heterocycles. The number of piperidine rings is 1. The third-order valence-corrected chi connectivity index (χ3v) is 7.01. The molecule has 1 fully saturated rings. The van der Waals surface area contributed by atoms with Crippen molar-refractivity contribution in [3.8, 4) is 22.8 Å². The van der Waals surface area contributed by atoms with Crippen molar-refractivity contribution in [2.24, 2.45) is 0 Å². The van der Waals surface area contributed by atoms with Gasteiger partial charge in [0.15, 0.2) is 5.52 Å². The average molecular weight is 487 g/mol. The zero-order valence-corrected chi connectivity index (χ0v) is 21.0. The van der Waals surface area contributed by atoms with Crippen LogP contribution in [0.3, 0.4) is 0 Å². The van der Waals surface area contributed by atoms with Gasteiger partial charge in [-0.2, -0.15) is 5.10 Å². The second kappa shape index (κ2) is 9.49. The molecule has 0 saturated carbocycles. The molecular formula is C27H30N6O3. The maximum atomic E-state index is 13.2. The van der Waals surface area contributed by atoms with Crippen LogP contribution in [0.15, 0.2) is 53.3 Å². The van der Waals surface area contributed by atoms with Crippen LogP contribution in [-0.4, -0.2) is 63.8 Å². The number of ether oxygens (including phenoxy) is 1. The van der Waals surface area contributed by atoms with Crippen LogP contribution in [0, 0.1) is 6.92 Å². The lowest BCUT2D eigenvalue weighted by atomic mass is 10.0. The second-order valence-electron chi connectivity index (χ2n) is 9.18. The van der Waals surface area contributed by atoms with Crippen LogP contribution in [0.5, 0.6) is 5.75 Å². The van der Waals surface area contributed by atoms with Crippen molar-refractivity contribution < 1.29 is 9.53 Å². The third-order valence-electron chi connectivity index (χ3n) is 7.01. The van der Waals surface area contributed by atoms with Crippen LogP contribution in [-0.2, 0) is 4.79 Å². The van der Waals surface area contributed by atoms with Crippen molar-refractivity contribution in [2.45, 2.75) is 32.7 Å². The molecule has 0 atom stereocenters. The molecular weight excluding hydrogens is 456 g/mol. The van der Waals surface area contributed by atoms with Gasteiger partial charge in [0.25, 0.3) is 5.56 Å². The van der Waals surface area contributed by atoms with E-state index in [-0.39, 0.29) is 17.5 Å². The maximum absolute atomic E-state index is 13.2. The standard InChI is InChI=1S/C27H30N6O3/c1-17-24-25(33(30-17)20-8-6-5-7-9-20)27(35)29-26(28-24)22-11-10-21(16-23(22)36-4)32-14-12-19(13-15-32)31(3)18(2)34/h5-11,16,19H,12-15H2,1-4H3,(H,28,29,35). The van der Waals surface area contributed by atoms with Gasteiger partial charge in [-0.05, 0) is 44.0 Å². The monoisotopic (exact) mass is 486 g/mol. The van der Waals surface area contributed by atoms with Gasteiger partial charge in [-0.1, -0.05) is 18.2 Å². The van der Waals surface area contributed by atoms with Gasteiger partial charge in [0, 0.05) is 44.9 Å². The minimum Gasteiger partial charge on any atom is -0.496 e. The number of hydrogen-bond acceptors (Lipinski definition) is 6. The van der Waals surface area contributed by atoms with Crippen LogP contribution in [0.25, 0.3) is 28.1 Å². The van der Waals surface area contributed by atoms with Crippen molar-refractivity contribution in [2.75, 3.05) is 32.1 Å². The molecule has 1 amide bonds. The number of benzene rings is 2. The van der Waals surface area contributed by atoms with Crippen LogP contribution in [0.1, 0.15) is 25.5 Å². The molecule has 9 nitrogen and oxygen atoms in total. The van der Waals surface area contributed by atoms with E-state index >= 15 is 0 Å². The van der Waals surface area contributed by atoms with Crippen molar-refractivity contribution in [1.82, 2.24) is 24.6 Å². The Labute approximate surface area is 209 Å². The highest BCUT2D eigenvalue weighted by Gasteiger charge is 2.25. The minimum atomic E-state index is -0.262. The first-order chi connectivity index (χ1) is 17.4. The number of amides is 1. The molecule has 0 bridgehead atoms. The number of carbonyl (C=O) groups is 1. The van der Waals surface area contributed by atoms with E-state index in [1.807, 2.05) is 67.4 Å². The molecule has 1 aliphatic heterocycles. The van der Waals surface area contributed by atoms with Crippen molar-refractivity contribution in [1.29, 1.82) is 0 Å². The van der Waals surface area contributed by atoms with E-state index in [1.165, 1.54) is 0 Å². The highest BCUT2D eigenvalue weighted by Crippen LogP contribution is 2.33. The topological polar surface area (TPSA) is 96.3 Å². The Morgan fingerprint density at radius 1 is 1.11 bits per heavy atom. The Morgan fingerprint density at radius 2 is 1.83 bits per heavy atom. The average Bonchev–Trinajstić information content (AvgIpc) is 3.25. The molecule has 0 unspecified atom stereocenters. The molecule has 1 saturated heterocycles. The van der Waals surface area contributed by atoms with Gasteiger partial charge < -0.3 is 19.5 Å². The fourth-order valence-corrected chi connectivity index (χ4v) is 4.89. The lowest BCUT2D eigenvalue weighted by molar-refractivity contribution is -0.129. The van der Waals surface area contributed by atoms with E-state index in [2.05, 4.69) is 15.0 Å². The van der Waals surface area contributed by atoms with E-state index in [9.17, 15) is 9.59 Å². The van der Waals surface area contributed by atoms with Crippen LogP contribution >= 0.6 is 0 Å². The Hall–Kier alpha value is -4.14. The van der Waals surface area contributed by atoms with Crippen molar-refractivity contribution >= 4 is 22.6 Å². The first-order valence-corrected chi connectivity index (χ1v) is 12.1. The first-order valence-electron chi connectivity index (χ1n) is 12.1. The summed E-state index contributed by atoms with van der Waals surface area (Å²) in [7, 11) is 3.49. The van der Waals surface area contributed by atoms with Crippen molar-refractivity contribution in [3.05, 3.63) is 64.6 Å². The number of aromatic amines is 1. The highest BCUT2D eigenvalue weighted by atomic mass is 16.5. The van der Waals surface area contributed by atoms with Crippen molar-refractivity contribution in [3.63, 3.8) is 0 Å². The van der Waals surface area contributed by atoms with E-state index in [4.69, 9.17) is 9.72 Å². The Morgan fingerprint density at radius 3 is 2.50 bits per heavy atom. The number of hydrogen-bond donors (Lipinski definition) is 1. The number of H-pyrrole nitrogens is 1. The maximum Gasteiger partial charge on any atom is 0.277 e. The first kappa shape index (κ1) is 23.6. The zero-order chi connectivity index (χ0) is 25.4. The molecule has 1 aliphatic rings. The number of anilines is 1. The van der Waals surface area contributed by atoms with E-state index < -0.39 is 0 Å². The summed E-state index contributed by atoms with van der Waals surface area (Å²) < 4.78 is 7.35. The zero-order valence-electron chi connectivity index (χ0n) is 21.0. The van der Waals surface area contributed by atoms with Gasteiger partial charge >= 0.3 is 0 Å². The molecule has 4 aromatic rings. The van der Waals surface area contributed by atoms with E-state index in [0.29, 0.717) is 33.9 Å². The van der Waals surface area contributed by atoms with Gasteiger partial charge in [0.1, 0.15) is 17.1 Å². The Kier molecular flexibility index (Phi) is 6.22. The van der Waals surface area contributed by atoms with Gasteiger partial charge in [-0.3, -0.25) is 9.59 Å². The van der Waals surface area contributed by atoms with Gasteiger partial charge in [-0.25, -0.2) is 9.67 Å². The summed E-state index contributed by atoms with van der Waals surface area (Å²) in [5.74, 6) is 1.17. The predicted molar refractivity (Wildman–Crippen MR) is 140 cm³/mol. The number of fused-ring (bicyclic) bond motifs is 1. The molecule has 2 aromatic carbocycles. The number of rotatable bonds is 5. The number of nitrogens with one attached hydrogen (secondary N) is 1. The fraction of sp³-hybridized carbons (Fsp3) is 0.333. The fourth-order valence-electron chi connectivity index (χ4n) is 4.89. The number of nitrogens with zero attached hydrogens (tertiary/aromatic N) is 5. The van der Waals surface area contributed by atoms with Crippen LogP contribution in [0.4, 0.5) is 5.69 Å². The molecule has 1 N–H and O–H groups in total. The summed E-state index contributed by atoms with van der Waals surface area (Å²) >= 11 is 0. The largest absolute Gasteiger partial charge is 0.496 e. The normalized spacial score (nSPS) is 14.3. The summed E-state index contributed by atoms with van der Waals surface area (Å²) in [5.41, 5.74) is 3.93. The molecule has 186 valence electrons. The van der Waals surface area contributed by atoms with E-state index in [1.54, 1.807) is 18.7 Å². The van der Waals surface area contributed by atoms with E-state index in [0.717, 1.165) is 37.3 Å². The number of carbonyl (C=O) groups excluding carboxylic acids is 1. The quantitative estimate of drug-likeness (QED) is 0.464. The van der Waals surface area contributed by atoms with Gasteiger partial charge in [0.05, 0.1) is 24.1 Å². The summed E-state index contributed by atoms with van der Waals surface area (Å²) in [6.45, 7) is 5.17. The SMILES string of the molecule is COc1cc(N2CCC(N(C)C(C)=O)CC2)ccc1-c1nc2c(C)nn(-c3ccccc3)c2c(=O)[nH]1. The number of methoxy groups -OCH3 is 1. The molecule has 9 heteroatoms. The summed E-state index contributed by atoms with van der Waals surface area (Å²) in [6.07, 6.45) is 1.83. The molecule has 0 radical (unpaired) electrons. The Balaban J connectivity index is 1.47. The number of aromatic nitrogens is 4. The summed E-state index contributed by atoms with van der Waals surface area (Å²) in [6, 6.07) is 15.8. The van der Waals surface area contributed by atoms with Gasteiger partial charge in [0.2, 0.25) is 5.91 Å². The molecule has 36 heavy (non-hydrogen) atoms. The third kappa shape index (κ3) is 4.21. The predicted octanol–water partition coefficient (Wildman–Crippen LogP) is 3.54. The van der Waals surface area contributed by atoms with Crippen LogP contribution < -0.4 is 15.2 Å². The molecule has 0 spiro atoms. The molecule has 3 heterocycles. The minimum absolute atomic E-state index is 0.0995. The molecule has 0 aliphatic carbocycles. The second-order valence-corrected chi connectivity index (χ2v) is 9.18. The highest BCUT2D eigenvalue weighted by molar-refractivity contribution is 5.81. The molecule has 5 rings (SSSR count). The van der Waals surface area contributed by atoms with Crippen LogP contribution in [0.2, 0.25) is 0 Å². The Bertz CT molecular complexity index is 1470. The summed E-state index contributed by atoms with van der Waals surface area (Å²) in [5, 5.41) is 4.57. The smallest absolute Gasteiger partial charge is 0.277 e. The number of aryl methyl sites for hydroxylation is 1. The number of para-hydroxylation sites is 1. The van der Waals surface area contributed by atoms with Gasteiger partial charge in [-0.15, -0.1) is 0 Å². The summed E-state index contributed by atoms with van der Waals surface area (Å²) in [4.78, 5) is 36.7. The lowest BCUT2D eigenvalue weighted by Gasteiger charge is -2.37. The lowest BCUT2D eigenvalue weighted by Crippen LogP contribution is -2.45.